The Bertz CT molecular complexity index is 472. The van der Waals surface area contributed by atoms with Crippen molar-refractivity contribution in [3.05, 3.63) is 30.3 Å². The van der Waals surface area contributed by atoms with Gasteiger partial charge in [0.05, 0.1) is 6.54 Å². The molecule has 1 aromatic carbocycles. The number of hydrogen-bond acceptors (Lipinski definition) is 3. The van der Waals surface area contributed by atoms with Gasteiger partial charge >= 0.3 is 5.97 Å². The van der Waals surface area contributed by atoms with E-state index in [0.29, 0.717) is 19.5 Å². The van der Waals surface area contributed by atoms with Gasteiger partial charge in [0.2, 0.25) is 5.91 Å². The molecule has 0 heterocycles. The highest BCUT2D eigenvalue weighted by Crippen LogP contribution is 2.27. The Morgan fingerprint density at radius 3 is 2.57 bits per heavy atom. The largest absolute Gasteiger partial charge is 0.481 e. The highest BCUT2D eigenvalue weighted by Gasteiger charge is 2.21. The average molecular weight is 290 g/mol. The lowest BCUT2D eigenvalue weighted by Crippen LogP contribution is -2.39. The summed E-state index contributed by atoms with van der Waals surface area (Å²) >= 11 is 0. The van der Waals surface area contributed by atoms with Gasteiger partial charge in [-0.3, -0.25) is 9.59 Å². The van der Waals surface area contributed by atoms with Crippen molar-refractivity contribution in [2.24, 2.45) is 5.92 Å². The number of anilines is 1. The molecule has 0 aromatic heterocycles. The molecule has 0 bridgehead atoms. The van der Waals surface area contributed by atoms with Crippen molar-refractivity contribution in [1.29, 1.82) is 0 Å². The minimum Gasteiger partial charge on any atom is -0.481 e. The van der Waals surface area contributed by atoms with Crippen molar-refractivity contribution >= 4 is 17.6 Å². The van der Waals surface area contributed by atoms with Crippen LogP contribution in [0.3, 0.4) is 0 Å². The summed E-state index contributed by atoms with van der Waals surface area (Å²) in [6.45, 7) is 1.63. The summed E-state index contributed by atoms with van der Waals surface area (Å²) in [5, 5.41) is 11.9. The monoisotopic (exact) mass is 290 g/mol. The number of carboxylic acids is 1. The predicted octanol–water partition coefficient (Wildman–Crippen LogP) is 1.88. The summed E-state index contributed by atoms with van der Waals surface area (Å²) < 4.78 is 0. The number of aliphatic carboxylic acids is 1. The molecule has 0 aliphatic heterocycles. The fraction of sp³-hybridized carbons (Fsp3) is 0.500. The first-order valence-electron chi connectivity index (χ1n) is 7.44. The van der Waals surface area contributed by atoms with E-state index in [-0.39, 0.29) is 12.3 Å². The summed E-state index contributed by atoms with van der Waals surface area (Å²) in [6, 6.07) is 9.41. The molecular formula is C16H22N2O3. The van der Waals surface area contributed by atoms with Crippen LogP contribution in [-0.4, -0.2) is 36.6 Å². The predicted molar refractivity (Wildman–Crippen MR) is 81.3 cm³/mol. The summed E-state index contributed by atoms with van der Waals surface area (Å²) in [7, 11) is 0. The molecule has 1 aromatic rings. The van der Waals surface area contributed by atoms with Crippen LogP contribution in [0.1, 0.15) is 25.7 Å². The van der Waals surface area contributed by atoms with Crippen molar-refractivity contribution < 1.29 is 14.7 Å². The molecule has 1 aliphatic rings. The number of nitrogens with zero attached hydrogens (tertiary/aromatic N) is 1. The van der Waals surface area contributed by atoms with Gasteiger partial charge in [0.1, 0.15) is 0 Å². The van der Waals surface area contributed by atoms with Crippen molar-refractivity contribution in [3.8, 4) is 0 Å². The summed E-state index contributed by atoms with van der Waals surface area (Å²) in [5.41, 5.74) is 0.820. The molecule has 0 spiro atoms. The third-order valence-corrected chi connectivity index (χ3v) is 3.55. The molecule has 2 N–H and O–H groups in total. The molecule has 0 radical (unpaired) electrons. The van der Waals surface area contributed by atoms with E-state index >= 15 is 0 Å². The Kier molecular flexibility index (Phi) is 5.75. The SMILES string of the molecule is O=C(O)CCCN(C(=O)CNCC1CC1)c1ccccc1. The number of carbonyl (C=O) groups excluding carboxylic acids is 1. The molecule has 5 heteroatoms. The van der Waals surface area contributed by atoms with Gasteiger partial charge in [0.15, 0.2) is 0 Å². The van der Waals surface area contributed by atoms with Crippen molar-refractivity contribution in [2.75, 3.05) is 24.5 Å². The number of amides is 1. The zero-order chi connectivity index (χ0) is 15.1. The number of carbonyl (C=O) groups is 2. The zero-order valence-corrected chi connectivity index (χ0v) is 12.1. The second-order valence-corrected chi connectivity index (χ2v) is 5.45. The van der Waals surface area contributed by atoms with E-state index in [1.165, 1.54) is 12.8 Å². The Morgan fingerprint density at radius 2 is 1.95 bits per heavy atom. The molecular weight excluding hydrogens is 268 g/mol. The summed E-state index contributed by atoms with van der Waals surface area (Å²) in [5.74, 6) is -0.107. The fourth-order valence-electron chi connectivity index (χ4n) is 2.19. The molecule has 114 valence electrons. The van der Waals surface area contributed by atoms with Crippen LogP contribution in [0.5, 0.6) is 0 Å². The Labute approximate surface area is 125 Å². The second kappa shape index (κ2) is 7.78. The van der Waals surface area contributed by atoms with Crippen LogP contribution in [0.2, 0.25) is 0 Å². The maximum Gasteiger partial charge on any atom is 0.303 e. The van der Waals surface area contributed by atoms with Gasteiger partial charge in [-0.15, -0.1) is 0 Å². The summed E-state index contributed by atoms with van der Waals surface area (Å²) in [4.78, 5) is 24.6. The minimum atomic E-state index is -0.831. The second-order valence-electron chi connectivity index (χ2n) is 5.45. The number of benzene rings is 1. The van der Waals surface area contributed by atoms with E-state index in [9.17, 15) is 9.59 Å². The quantitative estimate of drug-likeness (QED) is 0.728. The molecule has 0 unspecified atom stereocenters. The van der Waals surface area contributed by atoms with Crippen LogP contribution >= 0.6 is 0 Å². The van der Waals surface area contributed by atoms with Gasteiger partial charge in [-0.1, -0.05) is 18.2 Å². The topological polar surface area (TPSA) is 69.6 Å². The van der Waals surface area contributed by atoms with Gasteiger partial charge < -0.3 is 15.3 Å². The number of nitrogens with one attached hydrogen (secondary N) is 1. The zero-order valence-electron chi connectivity index (χ0n) is 12.1. The number of carboxylic acid groups (broad SMARTS) is 1. The smallest absolute Gasteiger partial charge is 0.303 e. The highest BCUT2D eigenvalue weighted by atomic mass is 16.4. The summed E-state index contributed by atoms with van der Waals surface area (Å²) in [6.07, 6.45) is 3.04. The molecule has 1 saturated carbocycles. The van der Waals surface area contributed by atoms with Crippen LogP contribution in [0.4, 0.5) is 5.69 Å². The minimum absolute atomic E-state index is 0.00719. The molecule has 1 aliphatic carbocycles. The number of rotatable bonds is 9. The Morgan fingerprint density at radius 1 is 1.24 bits per heavy atom. The number of hydrogen-bond donors (Lipinski definition) is 2. The lowest BCUT2D eigenvalue weighted by molar-refractivity contribution is -0.137. The van der Waals surface area contributed by atoms with Crippen LogP contribution in [0, 0.1) is 5.92 Å². The molecule has 1 amide bonds. The van der Waals surface area contributed by atoms with Crippen molar-refractivity contribution in [2.45, 2.75) is 25.7 Å². The highest BCUT2D eigenvalue weighted by molar-refractivity contribution is 5.94. The van der Waals surface area contributed by atoms with E-state index in [1.54, 1.807) is 4.90 Å². The first kappa shape index (κ1) is 15.5. The molecule has 2 rings (SSSR count). The maximum atomic E-state index is 12.3. The maximum absolute atomic E-state index is 12.3. The Balaban J connectivity index is 1.89. The Hall–Kier alpha value is -1.88. The van der Waals surface area contributed by atoms with E-state index in [1.807, 2.05) is 30.3 Å². The standard InChI is InChI=1S/C16H22N2O3/c19-15(12-17-11-13-8-9-13)18(10-4-7-16(20)21)14-5-2-1-3-6-14/h1-3,5-6,13,17H,4,7-12H2,(H,20,21). The van der Waals surface area contributed by atoms with E-state index in [4.69, 9.17) is 5.11 Å². The van der Waals surface area contributed by atoms with Gasteiger partial charge in [-0.05, 0) is 43.9 Å². The first-order chi connectivity index (χ1) is 10.2. The molecule has 0 atom stereocenters. The van der Waals surface area contributed by atoms with Crippen LogP contribution in [-0.2, 0) is 9.59 Å². The number of para-hydroxylation sites is 1. The van der Waals surface area contributed by atoms with E-state index < -0.39 is 5.97 Å². The van der Waals surface area contributed by atoms with Gasteiger partial charge in [-0.25, -0.2) is 0 Å². The normalized spacial score (nSPS) is 13.9. The van der Waals surface area contributed by atoms with Gasteiger partial charge in [0.25, 0.3) is 0 Å². The van der Waals surface area contributed by atoms with Crippen molar-refractivity contribution in [3.63, 3.8) is 0 Å². The van der Waals surface area contributed by atoms with Crippen LogP contribution in [0.25, 0.3) is 0 Å². The van der Waals surface area contributed by atoms with E-state index in [2.05, 4.69) is 5.32 Å². The van der Waals surface area contributed by atoms with Gasteiger partial charge in [-0.2, -0.15) is 0 Å². The third-order valence-electron chi connectivity index (χ3n) is 3.55. The van der Waals surface area contributed by atoms with Gasteiger partial charge in [0, 0.05) is 18.7 Å². The fourth-order valence-corrected chi connectivity index (χ4v) is 2.19. The third kappa shape index (κ3) is 5.55. The van der Waals surface area contributed by atoms with Crippen LogP contribution in [0.15, 0.2) is 30.3 Å². The molecule has 0 saturated heterocycles. The molecule has 1 fully saturated rings. The molecule has 21 heavy (non-hydrogen) atoms. The molecule has 5 nitrogen and oxygen atoms in total. The average Bonchev–Trinajstić information content (AvgIpc) is 3.28. The lowest BCUT2D eigenvalue weighted by Gasteiger charge is -2.23. The lowest BCUT2D eigenvalue weighted by atomic mass is 10.2. The first-order valence-corrected chi connectivity index (χ1v) is 7.44. The van der Waals surface area contributed by atoms with Crippen molar-refractivity contribution in [1.82, 2.24) is 5.32 Å². The van der Waals surface area contributed by atoms with Crippen LogP contribution < -0.4 is 10.2 Å². The van der Waals surface area contributed by atoms with E-state index in [0.717, 1.165) is 18.2 Å².